The number of nitrogens with two attached hydrogens (primary N) is 1. The number of carbonyl (C=O) groups is 1. The van der Waals surface area contributed by atoms with Crippen LogP contribution in [0.3, 0.4) is 0 Å². The number of aryl methyl sites for hydroxylation is 1. The number of carbonyl (C=O) groups excluding carboxylic acids is 1. The van der Waals surface area contributed by atoms with Gasteiger partial charge >= 0.3 is 0 Å². The van der Waals surface area contributed by atoms with Crippen LogP contribution in [0.5, 0.6) is 0 Å². The number of hydrogen-bond acceptors (Lipinski definition) is 5. The molecule has 1 aliphatic carbocycles. The maximum atomic E-state index is 12.1. The molecule has 1 aliphatic rings. The van der Waals surface area contributed by atoms with Gasteiger partial charge in [0.15, 0.2) is 5.16 Å². The van der Waals surface area contributed by atoms with E-state index in [1.54, 1.807) is 6.07 Å². The van der Waals surface area contributed by atoms with Gasteiger partial charge < -0.3 is 11.1 Å². The number of amides is 1. The molecule has 0 spiro atoms. The molecule has 1 unspecified atom stereocenters. The van der Waals surface area contributed by atoms with Crippen LogP contribution >= 0.6 is 11.8 Å². The lowest BCUT2D eigenvalue weighted by atomic mass is 9.97. The van der Waals surface area contributed by atoms with Gasteiger partial charge in [-0.15, -0.1) is 0 Å². The van der Waals surface area contributed by atoms with Crippen molar-refractivity contribution in [3.05, 3.63) is 23.4 Å². The predicted octanol–water partition coefficient (Wildman–Crippen LogP) is 2.85. The minimum Gasteiger partial charge on any atom is -0.384 e. The fourth-order valence-electron chi connectivity index (χ4n) is 2.45. The summed E-state index contributed by atoms with van der Waals surface area (Å²) >= 11 is 1.34. The molecule has 5 nitrogen and oxygen atoms in total. The Morgan fingerprint density at radius 2 is 2.27 bits per heavy atom. The van der Waals surface area contributed by atoms with Crippen molar-refractivity contribution in [2.45, 2.75) is 56.4 Å². The Bertz CT molecular complexity index is 539. The minimum absolute atomic E-state index is 0.0186. The van der Waals surface area contributed by atoms with Crippen LogP contribution in [0, 0.1) is 6.92 Å². The van der Waals surface area contributed by atoms with Gasteiger partial charge in [-0.25, -0.2) is 9.97 Å². The van der Waals surface area contributed by atoms with Crippen molar-refractivity contribution in [2.75, 3.05) is 12.3 Å². The summed E-state index contributed by atoms with van der Waals surface area (Å²) in [6.07, 6.45) is 8.20. The summed E-state index contributed by atoms with van der Waals surface area (Å²) in [4.78, 5) is 20.6. The Balaban J connectivity index is 1.77. The molecule has 1 aromatic rings. The van der Waals surface area contributed by atoms with E-state index in [1.807, 2.05) is 13.8 Å². The van der Waals surface area contributed by atoms with E-state index in [4.69, 9.17) is 5.73 Å². The van der Waals surface area contributed by atoms with Crippen molar-refractivity contribution >= 4 is 23.5 Å². The SMILES string of the molecule is Cc1cc(N)nc(SC(C)C(=O)NCCC2=CCCCC2)n1. The van der Waals surface area contributed by atoms with Gasteiger partial charge in [-0.05, 0) is 46.0 Å². The fourth-order valence-corrected chi connectivity index (χ4v) is 3.31. The van der Waals surface area contributed by atoms with Gasteiger partial charge in [0.2, 0.25) is 5.91 Å². The molecule has 3 N–H and O–H groups in total. The monoisotopic (exact) mass is 320 g/mol. The topological polar surface area (TPSA) is 80.9 Å². The summed E-state index contributed by atoms with van der Waals surface area (Å²) in [6, 6.07) is 1.71. The molecule has 120 valence electrons. The molecule has 0 saturated carbocycles. The molecule has 2 rings (SSSR count). The van der Waals surface area contributed by atoms with Crippen LogP contribution in [0.4, 0.5) is 5.82 Å². The van der Waals surface area contributed by atoms with Gasteiger partial charge in [-0.1, -0.05) is 23.4 Å². The molecule has 0 aliphatic heterocycles. The highest BCUT2D eigenvalue weighted by atomic mass is 32.2. The highest BCUT2D eigenvalue weighted by Gasteiger charge is 2.16. The number of hydrogen-bond donors (Lipinski definition) is 2. The van der Waals surface area contributed by atoms with Gasteiger partial charge in [0.25, 0.3) is 0 Å². The molecule has 0 aromatic carbocycles. The van der Waals surface area contributed by atoms with Crippen molar-refractivity contribution in [1.29, 1.82) is 0 Å². The first kappa shape index (κ1) is 16.8. The molecule has 0 saturated heterocycles. The Morgan fingerprint density at radius 3 is 2.95 bits per heavy atom. The van der Waals surface area contributed by atoms with Crippen LogP contribution in [0.25, 0.3) is 0 Å². The third-order valence-corrected chi connectivity index (χ3v) is 4.60. The fraction of sp³-hybridized carbons (Fsp3) is 0.562. The van der Waals surface area contributed by atoms with E-state index in [0.29, 0.717) is 17.5 Å². The normalized spacial score (nSPS) is 16.0. The number of allylic oxidation sites excluding steroid dienone is 1. The number of aromatic nitrogens is 2. The average Bonchev–Trinajstić information content (AvgIpc) is 2.47. The Kier molecular flexibility index (Phi) is 6.24. The first-order chi connectivity index (χ1) is 10.5. The first-order valence-corrected chi connectivity index (χ1v) is 8.66. The first-order valence-electron chi connectivity index (χ1n) is 7.78. The molecular formula is C16H24N4OS. The van der Waals surface area contributed by atoms with Crippen molar-refractivity contribution < 1.29 is 4.79 Å². The second-order valence-corrected chi connectivity index (χ2v) is 6.93. The van der Waals surface area contributed by atoms with Crippen molar-refractivity contribution in [1.82, 2.24) is 15.3 Å². The summed E-state index contributed by atoms with van der Waals surface area (Å²) in [6.45, 7) is 4.43. The predicted molar refractivity (Wildman–Crippen MR) is 90.7 cm³/mol. The maximum Gasteiger partial charge on any atom is 0.233 e. The van der Waals surface area contributed by atoms with Gasteiger partial charge in [0.05, 0.1) is 5.25 Å². The Labute approximate surface area is 136 Å². The van der Waals surface area contributed by atoms with Crippen LogP contribution in [0.15, 0.2) is 22.9 Å². The molecule has 0 bridgehead atoms. The van der Waals surface area contributed by atoms with E-state index in [2.05, 4.69) is 21.4 Å². The zero-order valence-corrected chi connectivity index (χ0v) is 14.1. The van der Waals surface area contributed by atoms with E-state index in [9.17, 15) is 4.79 Å². The van der Waals surface area contributed by atoms with E-state index in [-0.39, 0.29) is 11.2 Å². The average molecular weight is 320 g/mol. The van der Waals surface area contributed by atoms with Crippen LogP contribution in [-0.4, -0.2) is 27.7 Å². The van der Waals surface area contributed by atoms with Crippen molar-refractivity contribution in [3.63, 3.8) is 0 Å². The maximum absolute atomic E-state index is 12.1. The van der Waals surface area contributed by atoms with Crippen molar-refractivity contribution in [3.8, 4) is 0 Å². The summed E-state index contributed by atoms with van der Waals surface area (Å²) in [5, 5.41) is 3.31. The van der Waals surface area contributed by atoms with E-state index in [0.717, 1.165) is 12.1 Å². The molecule has 0 radical (unpaired) electrons. The number of rotatable bonds is 6. The lowest BCUT2D eigenvalue weighted by molar-refractivity contribution is -0.120. The number of nitrogens with zero attached hydrogens (tertiary/aromatic N) is 2. The van der Waals surface area contributed by atoms with Crippen LogP contribution < -0.4 is 11.1 Å². The molecule has 6 heteroatoms. The Hall–Kier alpha value is -1.56. The molecular weight excluding hydrogens is 296 g/mol. The number of nitrogen functional groups attached to an aromatic ring is 1. The van der Waals surface area contributed by atoms with Crippen LogP contribution in [-0.2, 0) is 4.79 Å². The lowest BCUT2D eigenvalue weighted by Gasteiger charge is -2.14. The van der Waals surface area contributed by atoms with Gasteiger partial charge in [-0.3, -0.25) is 4.79 Å². The summed E-state index contributed by atoms with van der Waals surface area (Å²) < 4.78 is 0. The smallest absolute Gasteiger partial charge is 0.233 e. The second-order valence-electron chi connectivity index (χ2n) is 5.63. The molecule has 1 amide bonds. The number of anilines is 1. The molecule has 1 heterocycles. The van der Waals surface area contributed by atoms with Gasteiger partial charge in [0.1, 0.15) is 5.82 Å². The largest absolute Gasteiger partial charge is 0.384 e. The molecule has 1 aromatic heterocycles. The molecule has 22 heavy (non-hydrogen) atoms. The van der Waals surface area contributed by atoms with Gasteiger partial charge in [0, 0.05) is 18.3 Å². The highest BCUT2D eigenvalue weighted by Crippen LogP contribution is 2.21. The third-order valence-electron chi connectivity index (χ3n) is 3.64. The number of thioether (sulfide) groups is 1. The van der Waals surface area contributed by atoms with Gasteiger partial charge in [-0.2, -0.15) is 0 Å². The standard InChI is InChI=1S/C16H24N4OS/c1-11-10-14(17)20-16(19-11)22-12(2)15(21)18-9-8-13-6-4-3-5-7-13/h6,10,12H,3-5,7-9H2,1-2H3,(H,18,21)(H2,17,19,20). The summed E-state index contributed by atoms with van der Waals surface area (Å²) in [5.74, 6) is 0.455. The van der Waals surface area contributed by atoms with E-state index >= 15 is 0 Å². The second kappa shape index (κ2) is 8.17. The third kappa shape index (κ3) is 5.33. The lowest BCUT2D eigenvalue weighted by Crippen LogP contribution is -2.32. The van der Waals surface area contributed by atoms with Crippen LogP contribution in [0.2, 0.25) is 0 Å². The molecule has 0 fully saturated rings. The van der Waals surface area contributed by atoms with Crippen molar-refractivity contribution in [2.24, 2.45) is 0 Å². The highest BCUT2D eigenvalue weighted by molar-refractivity contribution is 8.00. The summed E-state index contributed by atoms with van der Waals surface area (Å²) in [5.41, 5.74) is 7.99. The molecule has 1 atom stereocenters. The van der Waals surface area contributed by atoms with E-state index in [1.165, 1.54) is 43.0 Å². The van der Waals surface area contributed by atoms with E-state index < -0.39 is 0 Å². The Morgan fingerprint density at radius 1 is 1.45 bits per heavy atom. The summed E-state index contributed by atoms with van der Waals surface area (Å²) in [7, 11) is 0. The zero-order valence-electron chi connectivity index (χ0n) is 13.3. The quantitative estimate of drug-likeness (QED) is 0.478. The number of nitrogens with one attached hydrogen (secondary N) is 1. The minimum atomic E-state index is -0.235. The van der Waals surface area contributed by atoms with Crippen LogP contribution in [0.1, 0.15) is 44.7 Å². The zero-order chi connectivity index (χ0) is 15.9.